The zero-order valence-corrected chi connectivity index (χ0v) is 16.7. The van der Waals surface area contributed by atoms with E-state index in [4.69, 9.17) is 0 Å². The lowest BCUT2D eigenvalue weighted by molar-refractivity contribution is -0.117. The molecule has 5 nitrogen and oxygen atoms in total. The smallest absolute Gasteiger partial charge is 0.251 e. The first-order chi connectivity index (χ1) is 13.6. The van der Waals surface area contributed by atoms with Gasteiger partial charge < -0.3 is 10.2 Å². The molecule has 0 radical (unpaired) electrons. The third kappa shape index (κ3) is 4.60. The van der Waals surface area contributed by atoms with Crippen molar-refractivity contribution in [1.82, 2.24) is 10.2 Å². The molecule has 1 aliphatic rings. The molecule has 1 fully saturated rings. The van der Waals surface area contributed by atoms with E-state index in [1.807, 2.05) is 36.4 Å². The molecule has 0 aliphatic carbocycles. The normalized spacial score (nSPS) is 15.1. The number of anilines is 1. The van der Waals surface area contributed by atoms with Crippen LogP contribution < -0.4 is 10.2 Å². The fourth-order valence-electron chi connectivity index (χ4n) is 3.82. The Balaban J connectivity index is 1.72. The molecule has 1 N–H and O–H groups in total. The van der Waals surface area contributed by atoms with E-state index in [-0.39, 0.29) is 17.9 Å². The molecule has 28 heavy (non-hydrogen) atoms. The Morgan fingerprint density at radius 1 is 1.11 bits per heavy atom. The van der Waals surface area contributed by atoms with E-state index in [1.165, 1.54) is 5.56 Å². The monoisotopic (exact) mass is 379 g/mol. The third-order valence-electron chi connectivity index (χ3n) is 5.39. The van der Waals surface area contributed by atoms with Crippen LogP contribution in [0, 0.1) is 0 Å². The minimum Gasteiger partial charge on any atom is -0.350 e. The van der Waals surface area contributed by atoms with Gasteiger partial charge in [0.25, 0.3) is 5.91 Å². The summed E-state index contributed by atoms with van der Waals surface area (Å²) in [7, 11) is 0. The highest BCUT2D eigenvalue weighted by molar-refractivity contribution is 5.99. The van der Waals surface area contributed by atoms with E-state index in [1.54, 1.807) is 11.0 Å². The number of carbonyl (C=O) groups excluding carboxylic acids is 2. The number of benzene rings is 2. The SMILES string of the molecule is CCN(CC)C(CNC(=O)c1cccc(N2CCCC2=O)c1)c1ccccc1. The molecule has 1 aliphatic heterocycles. The summed E-state index contributed by atoms with van der Waals surface area (Å²) < 4.78 is 0. The van der Waals surface area contributed by atoms with Crippen LogP contribution in [-0.2, 0) is 4.79 Å². The molecule has 2 amide bonds. The molecule has 0 bridgehead atoms. The molecule has 148 valence electrons. The molecule has 5 heteroatoms. The highest BCUT2D eigenvalue weighted by Gasteiger charge is 2.23. The number of nitrogens with zero attached hydrogens (tertiary/aromatic N) is 2. The summed E-state index contributed by atoms with van der Waals surface area (Å²) in [5.41, 5.74) is 2.59. The van der Waals surface area contributed by atoms with Crippen molar-refractivity contribution >= 4 is 17.5 Å². The van der Waals surface area contributed by atoms with Crippen molar-refractivity contribution in [3.63, 3.8) is 0 Å². The number of nitrogens with one attached hydrogen (secondary N) is 1. The Labute approximate surface area is 167 Å². The van der Waals surface area contributed by atoms with Gasteiger partial charge in [-0.1, -0.05) is 50.2 Å². The van der Waals surface area contributed by atoms with Crippen molar-refractivity contribution in [1.29, 1.82) is 0 Å². The van der Waals surface area contributed by atoms with Crippen LogP contribution in [0.5, 0.6) is 0 Å². The molecule has 1 saturated heterocycles. The first-order valence-electron chi connectivity index (χ1n) is 10.1. The maximum absolute atomic E-state index is 12.8. The predicted octanol–water partition coefficient (Wildman–Crippen LogP) is 3.63. The second kappa shape index (κ2) is 9.51. The van der Waals surface area contributed by atoms with E-state index in [0.717, 1.165) is 31.7 Å². The largest absolute Gasteiger partial charge is 0.350 e. The van der Waals surface area contributed by atoms with Crippen LogP contribution in [0.3, 0.4) is 0 Å². The van der Waals surface area contributed by atoms with Crippen LogP contribution in [0.1, 0.15) is 48.7 Å². The van der Waals surface area contributed by atoms with Crippen LogP contribution in [0.2, 0.25) is 0 Å². The fraction of sp³-hybridized carbons (Fsp3) is 0.391. The van der Waals surface area contributed by atoms with E-state index in [2.05, 4.69) is 36.2 Å². The Hall–Kier alpha value is -2.66. The van der Waals surface area contributed by atoms with Gasteiger partial charge in [0.2, 0.25) is 5.91 Å². The van der Waals surface area contributed by atoms with Gasteiger partial charge in [0.05, 0.1) is 6.04 Å². The average molecular weight is 380 g/mol. The minimum absolute atomic E-state index is 0.110. The summed E-state index contributed by atoms with van der Waals surface area (Å²) in [5.74, 6) is 0.0183. The Morgan fingerprint density at radius 2 is 1.86 bits per heavy atom. The van der Waals surface area contributed by atoms with Gasteiger partial charge in [0.1, 0.15) is 0 Å². The zero-order chi connectivity index (χ0) is 19.9. The lowest BCUT2D eigenvalue weighted by atomic mass is 10.0. The number of hydrogen-bond donors (Lipinski definition) is 1. The second-order valence-corrected chi connectivity index (χ2v) is 7.06. The number of likely N-dealkylation sites (N-methyl/N-ethyl adjacent to an activating group) is 1. The Kier molecular flexibility index (Phi) is 6.82. The van der Waals surface area contributed by atoms with Gasteiger partial charge >= 0.3 is 0 Å². The zero-order valence-electron chi connectivity index (χ0n) is 16.7. The van der Waals surface area contributed by atoms with E-state index < -0.39 is 0 Å². The molecule has 2 aromatic carbocycles. The molecule has 1 heterocycles. The summed E-state index contributed by atoms with van der Waals surface area (Å²) in [4.78, 5) is 28.9. The van der Waals surface area contributed by atoms with E-state index >= 15 is 0 Å². The highest BCUT2D eigenvalue weighted by Crippen LogP contribution is 2.23. The standard InChI is InChI=1S/C23H29N3O2/c1-3-25(4-2)21(18-10-6-5-7-11-18)17-24-23(28)19-12-8-13-20(16-19)26-15-9-14-22(26)27/h5-8,10-13,16,21H,3-4,9,14-15,17H2,1-2H3,(H,24,28). The van der Waals surface area contributed by atoms with E-state index in [0.29, 0.717) is 18.5 Å². The first kappa shape index (κ1) is 20.1. The average Bonchev–Trinajstić information content (AvgIpc) is 3.17. The van der Waals surface area contributed by atoms with Crippen molar-refractivity contribution in [2.24, 2.45) is 0 Å². The lowest BCUT2D eigenvalue weighted by Crippen LogP contribution is -2.38. The number of carbonyl (C=O) groups is 2. The molecular weight excluding hydrogens is 350 g/mol. The molecule has 0 spiro atoms. The summed E-state index contributed by atoms with van der Waals surface area (Å²) in [6.45, 7) is 7.37. The highest BCUT2D eigenvalue weighted by atomic mass is 16.2. The number of amides is 2. The maximum atomic E-state index is 12.8. The van der Waals surface area contributed by atoms with Gasteiger partial charge in [-0.2, -0.15) is 0 Å². The molecule has 0 saturated carbocycles. The second-order valence-electron chi connectivity index (χ2n) is 7.06. The van der Waals surface area contributed by atoms with Gasteiger partial charge in [-0.05, 0) is 43.3 Å². The quantitative estimate of drug-likeness (QED) is 0.762. The molecule has 0 aromatic heterocycles. The molecule has 1 unspecified atom stereocenters. The summed E-state index contributed by atoms with van der Waals surface area (Å²) in [6, 6.07) is 17.8. The van der Waals surface area contributed by atoms with Gasteiger partial charge in [-0.25, -0.2) is 0 Å². The van der Waals surface area contributed by atoms with Crippen LogP contribution in [-0.4, -0.2) is 42.9 Å². The summed E-state index contributed by atoms with van der Waals surface area (Å²) in [5, 5.41) is 3.09. The van der Waals surface area contributed by atoms with Crippen molar-refractivity contribution in [2.45, 2.75) is 32.7 Å². The molecule has 3 rings (SSSR count). The van der Waals surface area contributed by atoms with Crippen LogP contribution in [0.25, 0.3) is 0 Å². The molecule has 1 atom stereocenters. The van der Waals surface area contributed by atoms with Gasteiger partial charge in [0.15, 0.2) is 0 Å². The summed E-state index contributed by atoms with van der Waals surface area (Å²) in [6.07, 6.45) is 1.46. The third-order valence-corrected chi connectivity index (χ3v) is 5.39. The fourth-order valence-corrected chi connectivity index (χ4v) is 3.82. The summed E-state index contributed by atoms with van der Waals surface area (Å²) >= 11 is 0. The van der Waals surface area contributed by atoms with Crippen LogP contribution in [0.4, 0.5) is 5.69 Å². The van der Waals surface area contributed by atoms with Crippen molar-refractivity contribution < 1.29 is 9.59 Å². The van der Waals surface area contributed by atoms with Crippen LogP contribution in [0.15, 0.2) is 54.6 Å². The Bertz CT molecular complexity index is 803. The molecular formula is C23H29N3O2. The van der Waals surface area contributed by atoms with Gasteiger partial charge in [-0.3, -0.25) is 14.5 Å². The topological polar surface area (TPSA) is 52.7 Å². The van der Waals surface area contributed by atoms with Crippen molar-refractivity contribution in [3.8, 4) is 0 Å². The van der Waals surface area contributed by atoms with Gasteiger partial charge in [-0.15, -0.1) is 0 Å². The molecule has 2 aromatic rings. The maximum Gasteiger partial charge on any atom is 0.251 e. The number of hydrogen-bond acceptors (Lipinski definition) is 3. The van der Waals surface area contributed by atoms with Crippen LogP contribution >= 0.6 is 0 Å². The van der Waals surface area contributed by atoms with Gasteiger partial charge in [0, 0.05) is 30.8 Å². The van der Waals surface area contributed by atoms with Crippen molar-refractivity contribution in [3.05, 3.63) is 65.7 Å². The van der Waals surface area contributed by atoms with E-state index in [9.17, 15) is 9.59 Å². The van der Waals surface area contributed by atoms with Crippen molar-refractivity contribution in [2.75, 3.05) is 31.1 Å². The Morgan fingerprint density at radius 3 is 2.50 bits per heavy atom. The minimum atomic E-state index is -0.110. The lowest BCUT2D eigenvalue weighted by Gasteiger charge is -2.30. The first-order valence-corrected chi connectivity index (χ1v) is 10.1. The number of rotatable bonds is 8. The predicted molar refractivity (Wildman–Crippen MR) is 112 cm³/mol.